The molecule has 1 aromatic heterocycles. The molecule has 1 N–H and O–H groups in total. The van der Waals surface area contributed by atoms with Crippen LogP contribution < -0.4 is 5.32 Å². The molecule has 1 aliphatic carbocycles. The number of hydrogen-bond acceptors (Lipinski definition) is 5. The van der Waals surface area contributed by atoms with Gasteiger partial charge in [-0.3, -0.25) is 4.79 Å². The summed E-state index contributed by atoms with van der Waals surface area (Å²) in [7, 11) is 0. The molecule has 2 rings (SSSR count). The van der Waals surface area contributed by atoms with Crippen molar-refractivity contribution in [2.24, 2.45) is 5.92 Å². The summed E-state index contributed by atoms with van der Waals surface area (Å²) in [5.41, 5.74) is 0. The Bertz CT molecular complexity index is 383. The Morgan fingerprint density at radius 2 is 2.53 bits per heavy atom. The van der Waals surface area contributed by atoms with Gasteiger partial charge in [0.25, 0.3) is 5.91 Å². The van der Waals surface area contributed by atoms with E-state index in [0.29, 0.717) is 4.88 Å². The fourth-order valence-corrected chi connectivity index (χ4v) is 2.21. The van der Waals surface area contributed by atoms with Crippen LogP contribution in [0.2, 0.25) is 0 Å². The van der Waals surface area contributed by atoms with Crippen molar-refractivity contribution in [3.8, 4) is 6.07 Å². The van der Waals surface area contributed by atoms with Gasteiger partial charge in [0.15, 0.2) is 0 Å². The molecule has 1 aromatic rings. The van der Waals surface area contributed by atoms with Crippen molar-refractivity contribution < 1.29 is 4.79 Å². The lowest BCUT2D eigenvalue weighted by Crippen LogP contribution is -2.36. The molecular weight excluding hydrogens is 212 g/mol. The molecule has 5 nitrogen and oxygen atoms in total. The van der Waals surface area contributed by atoms with Crippen molar-refractivity contribution in [1.29, 1.82) is 5.26 Å². The smallest absolute Gasteiger partial charge is 0.264 e. The lowest BCUT2D eigenvalue weighted by Gasteiger charge is -2.14. The van der Waals surface area contributed by atoms with Crippen LogP contribution in [0.5, 0.6) is 0 Å². The topological polar surface area (TPSA) is 78.7 Å². The fourth-order valence-electron chi connectivity index (χ4n) is 1.79. The minimum atomic E-state index is -0.169. The van der Waals surface area contributed by atoms with Gasteiger partial charge in [-0.2, -0.15) is 5.26 Å². The maximum Gasteiger partial charge on any atom is 0.264 e. The van der Waals surface area contributed by atoms with Gasteiger partial charge in [0, 0.05) is 6.04 Å². The molecule has 15 heavy (non-hydrogen) atoms. The Morgan fingerprint density at radius 3 is 3.20 bits per heavy atom. The number of nitriles is 1. The van der Waals surface area contributed by atoms with E-state index in [0.717, 1.165) is 30.8 Å². The van der Waals surface area contributed by atoms with Crippen molar-refractivity contribution >= 4 is 17.4 Å². The second kappa shape index (κ2) is 4.36. The number of nitrogens with one attached hydrogen (secondary N) is 1. The molecule has 0 aliphatic heterocycles. The van der Waals surface area contributed by atoms with E-state index in [1.54, 1.807) is 0 Å². The maximum absolute atomic E-state index is 11.6. The molecule has 0 radical (unpaired) electrons. The molecule has 0 spiro atoms. The predicted octanol–water partition coefficient (Wildman–Crippen LogP) is 0.960. The Morgan fingerprint density at radius 1 is 1.67 bits per heavy atom. The average Bonchev–Trinajstić information content (AvgIpc) is 2.87. The highest BCUT2D eigenvalue weighted by Crippen LogP contribution is 2.25. The minimum absolute atomic E-state index is 0.00963. The largest absolute Gasteiger partial charge is 0.347 e. The van der Waals surface area contributed by atoms with E-state index in [4.69, 9.17) is 5.26 Å². The summed E-state index contributed by atoms with van der Waals surface area (Å²) in [4.78, 5) is 12.1. The first-order chi connectivity index (χ1) is 7.31. The second-order valence-corrected chi connectivity index (χ2v) is 4.31. The highest BCUT2D eigenvalue weighted by Gasteiger charge is 2.28. The third kappa shape index (κ3) is 2.13. The van der Waals surface area contributed by atoms with Gasteiger partial charge in [0.05, 0.1) is 18.2 Å². The van der Waals surface area contributed by atoms with Crippen LogP contribution in [-0.2, 0) is 0 Å². The summed E-state index contributed by atoms with van der Waals surface area (Å²) < 4.78 is 3.62. The number of rotatable bonds is 2. The Kier molecular flexibility index (Phi) is 2.92. The summed E-state index contributed by atoms with van der Waals surface area (Å²) in [6.07, 6.45) is 4.21. The van der Waals surface area contributed by atoms with Crippen molar-refractivity contribution in [3.63, 3.8) is 0 Å². The summed E-state index contributed by atoms with van der Waals surface area (Å²) >= 11 is 1.07. The van der Waals surface area contributed by atoms with Crippen LogP contribution in [0, 0.1) is 17.2 Å². The zero-order valence-corrected chi connectivity index (χ0v) is 8.83. The number of carbonyl (C=O) groups is 1. The van der Waals surface area contributed by atoms with E-state index in [2.05, 4.69) is 21.0 Å². The first-order valence-electron chi connectivity index (χ1n) is 4.79. The first kappa shape index (κ1) is 10.1. The highest BCUT2D eigenvalue weighted by atomic mass is 32.1. The molecule has 1 fully saturated rings. The first-order valence-corrected chi connectivity index (χ1v) is 5.56. The van der Waals surface area contributed by atoms with Crippen LogP contribution in [0.1, 0.15) is 28.9 Å². The van der Waals surface area contributed by atoms with E-state index in [-0.39, 0.29) is 17.9 Å². The van der Waals surface area contributed by atoms with Gasteiger partial charge in [-0.25, -0.2) is 0 Å². The summed E-state index contributed by atoms with van der Waals surface area (Å²) in [5.74, 6) is -0.216. The van der Waals surface area contributed by atoms with Gasteiger partial charge >= 0.3 is 0 Å². The molecule has 0 aromatic carbocycles. The SMILES string of the molecule is N#CC1CCCC1NC(=O)c1cnns1. The van der Waals surface area contributed by atoms with Gasteiger partial charge in [0.2, 0.25) is 0 Å². The number of aromatic nitrogens is 2. The zero-order chi connectivity index (χ0) is 10.7. The third-order valence-electron chi connectivity index (χ3n) is 2.58. The van der Waals surface area contributed by atoms with Crippen molar-refractivity contribution in [3.05, 3.63) is 11.1 Å². The van der Waals surface area contributed by atoms with Crippen LogP contribution in [0.25, 0.3) is 0 Å². The second-order valence-electron chi connectivity index (χ2n) is 3.53. The Labute approximate surface area is 91.3 Å². The summed E-state index contributed by atoms with van der Waals surface area (Å²) in [6, 6.07) is 2.21. The van der Waals surface area contributed by atoms with Crippen LogP contribution in [0.15, 0.2) is 6.20 Å². The number of hydrogen-bond donors (Lipinski definition) is 1. The van der Waals surface area contributed by atoms with Gasteiger partial charge < -0.3 is 5.32 Å². The predicted molar refractivity (Wildman–Crippen MR) is 54.1 cm³/mol. The van der Waals surface area contributed by atoms with Gasteiger partial charge in [0.1, 0.15) is 4.88 Å². The van der Waals surface area contributed by atoms with Gasteiger partial charge in [-0.15, -0.1) is 5.10 Å². The Hall–Kier alpha value is -1.48. The standard InChI is InChI=1S/C9H10N4OS/c10-4-6-2-1-3-7(6)12-9(14)8-5-11-13-15-8/h5-7H,1-3H2,(H,12,14). The molecule has 1 saturated carbocycles. The average molecular weight is 222 g/mol. The van der Waals surface area contributed by atoms with Crippen LogP contribution >= 0.6 is 11.5 Å². The van der Waals surface area contributed by atoms with Crippen molar-refractivity contribution in [2.45, 2.75) is 25.3 Å². The lowest BCUT2D eigenvalue weighted by atomic mass is 10.1. The molecule has 1 aliphatic rings. The number of carbonyl (C=O) groups excluding carboxylic acids is 1. The van der Waals surface area contributed by atoms with Crippen molar-refractivity contribution in [1.82, 2.24) is 14.9 Å². The lowest BCUT2D eigenvalue weighted by molar-refractivity contribution is 0.0937. The van der Waals surface area contributed by atoms with E-state index in [1.165, 1.54) is 6.20 Å². The quantitative estimate of drug-likeness (QED) is 0.808. The minimum Gasteiger partial charge on any atom is -0.347 e. The van der Waals surface area contributed by atoms with Gasteiger partial charge in [-0.1, -0.05) is 4.49 Å². The third-order valence-corrected chi connectivity index (χ3v) is 3.25. The summed E-state index contributed by atoms with van der Waals surface area (Å²) in [6.45, 7) is 0. The molecule has 1 amide bonds. The van der Waals surface area contributed by atoms with Crippen LogP contribution in [-0.4, -0.2) is 21.5 Å². The van der Waals surface area contributed by atoms with E-state index in [9.17, 15) is 4.79 Å². The molecule has 0 bridgehead atoms. The zero-order valence-electron chi connectivity index (χ0n) is 8.01. The van der Waals surface area contributed by atoms with Gasteiger partial charge in [-0.05, 0) is 30.8 Å². The van der Waals surface area contributed by atoms with Crippen LogP contribution in [0.4, 0.5) is 0 Å². The van der Waals surface area contributed by atoms with E-state index in [1.807, 2.05) is 0 Å². The molecule has 6 heteroatoms. The Balaban J connectivity index is 1.98. The number of nitrogens with zero attached hydrogens (tertiary/aromatic N) is 3. The summed E-state index contributed by atoms with van der Waals surface area (Å²) in [5, 5.41) is 15.3. The maximum atomic E-state index is 11.6. The van der Waals surface area contributed by atoms with Crippen LogP contribution in [0.3, 0.4) is 0 Å². The normalized spacial score (nSPS) is 24.7. The van der Waals surface area contributed by atoms with Crippen molar-refractivity contribution in [2.75, 3.05) is 0 Å². The van der Waals surface area contributed by atoms with E-state index < -0.39 is 0 Å². The monoisotopic (exact) mass is 222 g/mol. The molecule has 2 atom stereocenters. The molecule has 78 valence electrons. The molecule has 0 saturated heterocycles. The number of amides is 1. The van der Waals surface area contributed by atoms with E-state index >= 15 is 0 Å². The molecule has 2 unspecified atom stereocenters. The highest BCUT2D eigenvalue weighted by molar-refractivity contribution is 7.07. The molecular formula is C9H10N4OS. The molecule has 1 heterocycles. The fraction of sp³-hybridized carbons (Fsp3) is 0.556.